The second-order valence-corrected chi connectivity index (χ2v) is 11.5. The predicted molar refractivity (Wildman–Crippen MR) is 150 cm³/mol. The van der Waals surface area contributed by atoms with Crippen molar-refractivity contribution in [2.75, 3.05) is 31.9 Å². The first-order valence-electron chi connectivity index (χ1n) is 13.0. The molecule has 0 bridgehead atoms. The highest BCUT2D eigenvalue weighted by Crippen LogP contribution is 2.32. The van der Waals surface area contributed by atoms with Crippen molar-refractivity contribution in [1.82, 2.24) is 9.80 Å². The van der Waals surface area contributed by atoms with Gasteiger partial charge in [0.2, 0.25) is 15.9 Å². The number of carbonyl (C=O) groups excluding carboxylic acids is 2. The maximum absolute atomic E-state index is 13.4. The van der Waals surface area contributed by atoms with Gasteiger partial charge < -0.3 is 15.5 Å². The number of hydrogen-bond acceptors (Lipinski definition) is 6. The zero-order valence-electron chi connectivity index (χ0n) is 21.7. The molecular formula is C28H35N5O4S. The first-order valence-corrected chi connectivity index (χ1v) is 14.7. The van der Waals surface area contributed by atoms with Gasteiger partial charge in [-0.25, -0.2) is 18.5 Å². The Morgan fingerprint density at radius 1 is 1.03 bits per heavy atom. The highest BCUT2D eigenvalue weighted by molar-refractivity contribution is 7.89. The number of sulfonamides is 1. The average Bonchev–Trinajstić information content (AvgIpc) is 3.36. The van der Waals surface area contributed by atoms with Crippen molar-refractivity contribution < 1.29 is 18.0 Å². The summed E-state index contributed by atoms with van der Waals surface area (Å²) in [5, 5.41) is 5.12. The van der Waals surface area contributed by atoms with Gasteiger partial charge in [0, 0.05) is 49.3 Å². The summed E-state index contributed by atoms with van der Waals surface area (Å²) in [6.07, 6.45) is 5.12. The van der Waals surface area contributed by atoms with Gasteiger partial charge in [0.15, 0.2) is 0 Å². The lowest BCUT2D eigenvalue weighted by Crippen LogP contribution is -2.35. The summed E-state index contributed by atoms with van der Waals surface area (Å²) in [6.45, 7) is 4.38. The van der Waals surface area contributed by atoms with Crippen molar-refractivity contribution in [3.63, 3.8) is 0 Å². The number of fused-ring (bicyclic) bond motifs is 1. The quantitative estimate of drug-likeness (QED) is 0.505. The maximum atomic E-state index is 13.4. The van der Waals surface area contributed by atoms with Crippen LogP contribution in [0.25, 0.3) is 17.2 Å². The number of aliphatic imine (C=N–C) groups is 1. The molecule has 0 aromatic heterocycles. The van der Waals surface area contributed by atoms with Gasteiger partial charge in [-0.05, 0) is 61.1 Å². The van der Waals surface area contributed by atoms with Gasteiger partial charge in [-0.1, -0.05) is 31.2 Å². The molecule has 2 aromatic rings. The van der Waals surface area contributed by atoms with Gasteiger partial charge in [0.05, 0.1) is 11.4 Å². The largest absolute Gasteiger partial charge is 0.387 e. The fourth-order valence-electron chi connectivity index (χ4n) is 4.86. The molecule has 2 amide bonds. The van der Waals surface area contributed by atoms with E-state index in [1.165, 1.54) is 0 Å². The van der Waals surface area contributed by atoms with Crippen molar-refractivity contribution in [1.29, 1.82) is 0 Å². The molecule has 9 nitrogen and oxygen atoms in total. The second-order valence-electron chi connectivity index (χ2n) is 9.81. The van der Waals surface area contributed by atoms with Gasteiger partial charge in [0.1, 0.15) is 5.84 Å². The molecule has 2 aromatic carbocycles. The summed E-state index contributed by atoms with van der Waals surface area (Å²) in [5.74, 6) is 0.0300. The van der Waals surface area contributed by atoms with E-state index in [0.29, 0.717) is 35.7 Å². The standard InChI is InChI=1S/C28H35N5O4S/c1-2-12-32(15-5-16-38(30,36)37)28(35)24-17-23-11-10-22(18-25(23)31-26(29)19-24)20-6-8-21(9-7-20)27(34)33-13-3-4-14-33/h6-11,17-18H,2-5,12-16,19H2,1H3,(H2,29,31)(H2,30,36,37). The Hall–Kier alpha value is -3.50. The van der Waals surface area contributed by atoms with E-state index in [0.717, 1.165) is 49.0 Å². The van der Waals surface area contributed by atoms with Crippen LogP contribution in [0.4, 0.5) is 5.69 Å². The third-order valence-electron chi connectivity index (χ3n) is 6.77. The second kappa shape index (κ2) is 11.9. The Balaban J connectivity index is 1.54. The van der Waals surface area contributed by atoms with Crippen molar-refractivity contribution in [2.24, 2.45) is 15.9 Å². The van der Waals surface area contributed by atoms with Gasteiger partial charge >= 0.3 is 0 Å². The molecule has 38 heavy (non-hydrogen) atoms. The number of carbonyl (C=O) groups is 2. The number of nitrogens with two attached hydrogens (primary N) is 2. The van der Waals surface area contributed by atoms with Crippen molar-refractivity contribution in [2.45, 2.75) is 39.0 Å². The van der Waals surface area contributed by atoms with Gasteiger partial charge in [0.25, 0.3) is 5.91 Å². The van der Waals surface area contributed by atoms with Crippen LogP contribution in [0.15, 0.2) is 53.0 Å². The van der Waals surface area contributed by atoms with Crippen LogP contribution in [0, 0.1) is 0 Å². The van der Waals surface area contributed by atoms with Crippen LogP contribution in [0.2, 0.25) is 0 Å². The number of amides is 2. The highest BCUT2D eigenvalue weighted by Gasteiger charge is 2.22. The number of primary sulfonamides is 1. The van der Waals surface area contributed by atoms with Gasteiger partial charge in [-0.3, -0.25) is 9.59 Å². The smallest absolute Gasteiger partial charge is 0.253 e. The Labute approximate surface area is 224 Å². The summed E-state index contributed by atoms with van der Waals surface area (Å²) in [5.41, 5.74) is 10.7. The van der Waals surface area contributed by atoms with E-state index in [1.54, 1.807) is 4.90 Å². The number of amidine groups is 1. The van der Waals surface area contributed by atoms with E-state index >= 15 is 0 Å². The van der Waals surface area contributed by atoms with Crippen molar-refractivity contribution in [3.8, 4) is 11.1 Å². The van der Waals surface area contributed by atoms with E-state index in [4.69, 9.17) is 10.9 Å². The molecule has 2 aliphatic heterocycles. The lowest BCUT2D eigenvalue weighted by molar-refractivity contribution is -0.127. The SMILES string of the molecule is CCCN(CCCS(N)(=O)=O)C(=O)C1=Cc2ccc(-c3ccc(C(=O)N4CCCC4)cc3)cc2N=C(N)C1. The first kappa shape index (κ1) is 27.5. The Morgan fingerprint density at radius 3 is 2.37 bits per heavy atom. The zero-order chi connectivity index (χ0) is 27.3. The molecule has 0 atom stereocenters. The number of rotatable bonds is 9. The lowest BCUT2D eigenvalue weighted by atomic mass is 9.99. The summed E-state index contributed by atoms with van der Waals surface area (Å²) in [7, 11) is -3.59. The fraction of sp³-hybridized carbons (Fsp3) is 0.393. The fourth-order valence-corrected chi connectivity index (χ4v) is 5.39. The monoisotopic (exact) mass is 537 g/mol. The Bertz CT molecular complexity index is 1360. The summed E-state index contributed by atoms with van der Waals surface area (Å²) >= 11 is 0. The van der Waals surface area contributed by atoms with Crippen molar-refractivity contribution in [3.05, 3.63) is 59.2 Å². The minimum absolute atomic E-state index is 0.0671. The highest BCUT2D eigenvalue weighted by atomic mass is 32.2. The van der Waals surface area contributed by atoms with Crippen LogP contribution in [0.3, 0.4) is 0 Å². The molecule has 0 aliphatic carbocycles. The summed E-state index contributed by atoms with van der Waals surface area (Å²) in [6, 6.07) is 13.4. The molecule has 0 unspecified atom stereocenters. The number of benzene rings is 2. The summed E-state index contributed by atoms with van der Waals surface area (Å²) in [4.78, 5) is 34.1. The van der Waals surface area contributed by atoms with Crippen LogP contribution < -0.4 is 10.9 Å². The van der Waals surface area contributed by atoms with E-state index in [9.17, 15) is 18.0 Å². The molecule has 1 saturated heterocycles. The molecule has 10 heteroatoms. The molecular weight excluding hydrogens is 502 g/mol. The average molecular weight is 538 g/mol. The normalized spacial score (nSPS) is 15.4. The maximum Gasteiger partial charge on any atom is 0.253 e. The minimum atomic E-state index is -3.59. The van der Waals surface area contributed by atoms with Crippen LogP contribution in [0.1, 0.15) is 54.9 Å². The predicted octanol–water partition coefficient (Wildman–Crippen LogP) is 3.28. The number of nitrogens with zero attached hydrogens (tertiary/aromatic N) is 3. The lowest BCUT2D eigenvalue weighted by Gasteiger charge is -2.23. The van der Waals surface area contributed by atoms with E-state index in [1.807, 2.05) is 60.4 Å². The van der Waals surface area contributed by atoms with Crippen molar-refractivity contribution >= 4 is 39.4 Å². The number of hydrogen-bond donors (Lipinski definition) is 2. The van der Waals surface area contributed by atoms with Gasteiger partial charge in [-0.15, -0.1) is 0 Å². The Morgan fingerprint density at radius 2 is 1.71 bits per heavy atom. The Kier molecular flexibility index (Phi) is 8.63. The first-order chi connectivity index (χ1) is 18.1. The summed E-state index contributed by atoms with van der Waals surface area (Å²) < 4.78 is 22.6. The van der Waals surface area contributed by atoms with Crippen LogP contribution in [-0.4, -0.2) is 67.8 Å². The van der Waals surface area contributed by atoms with Crippen LogP contribution >= 0.6 is 0 Å². The molecule has 0 radical (unpaired) electrons. The van der Waals surface area contributed by atoms with E-state index in [2.05, 4.69) is 4.99 Å². The van der Waals surface area contributed by atoms with Gasteiger partial charge in [-0.2, -0.15) is 0 Å². The zero-order valence-corrected chi connectivity index (χ0v) is 22.5. The number of likely N-dealkylation sites (tertiary alicyclic amines) is 1. The molecule has 4 N–H and O–H groups in total. The third-order valence-corrected chi connectivity index (χ3v) is 7.62. The molecule has 2 aliphatic rings. The molecule has 0 saturated carbocycles. The molecule has 2 heterocycles. The van der Waals surface area contributed by atoms with Crippen LogP contribution in [-0.2, 0) is 14.8 Å². The van der Waals surface area contributed by atoms with Crippen LogP contribution in [0.5, 0.6) is 0 Å². The molecule has 4 rings (SSSR count). The third kappa shape index (κ3) is 6.87. The topological polar surface area (TPSA) is 139 Å². The molecule has 1 fully saturated rings. The van der Waals surface area contributed by atoms with E-state index in [-0.39, 0.29) is 30.4 Å². The molecule has 202 valence electrons. The minimum Gasteiger partial charge on any atom is -0.387 e. The molecule has 0 spiro atoms. The van der Waals surface area contributed by atoms with E-state index < -0.39 is 10.0 Å².